The first-order chi connectivity index (χ1) is 10.6. The summed E-state index contributed by atoms with van der Waals surface area (Å²) in [6.45, 7) is 3.80. The maximum atomic E-state index is 11.8. The van der Waals surface area contributed by atoms with Crippen molar-refractivity contribution in [2.24, 2.45) is 0 Å². The fourth-order valence-corrected chi connectivity index (χ4v) is 3.85. The number of carbonyl (C=O) groups excluding carboxylic acids is 1. The van der Waals surface area contributed by atoms with Crippen LogP contribution in [0.3, 0.4) is 0 Å². The first kappa shape index (κ1) is 17.2. The number of nitrogens with zero attached hydrogens (tertiary/aromatic N) is 3. The van der Waals surface area contributed by atoms with E-state index in [9.17, 15) is 4.79 Å². The predicted molar refractivity (Wildman–Crippen MR) is 93.7 cm³/mol. The highest BCUT2D eigenvalue weighted by atomic mass is 32.2. The Morgan fingerprint density at radius 1 is 1.41 bits per heavy atom. The predicted octanol–water partition coefficient (Wildman–Crippen LogP) is 2.55. The fourth-order valence-electron chi connectivity index (χ4n) is 2.02. The minimum absolute atomic E-state index is 0.109. The van der Waals surface area contributed by atoms with E-state index in [0.717, 1.165) is 40.5 Å². The Morgan fingerprint density at radius 2 is 2.23 bits per heavy atom. The summed E-state index contributed by atoms with van der Waals surface area (Å²) >= 11 is 3.30. The molecule has 1 amide bonds. The molecule has 0 radical (unpaired) electrons. The second-order valence-corrected chi connectivity index (χ2v) is 7.68. The Morgan fingerprint density at radius 3 is 3.00 bits per heavy atom. The molecule has 0 saturated carbocycles. The van der Waals surface area contributed by atoms with Crippen LogP contribution in [0.15, 0.2) is 17.4 Å². The summed E-state index contributed by atoms with van der Waals surface area (Å²) in [7, 11) is 4.07. The van der Waals surface area contributed by atoms with Gasteiger partial charge in [0.1, 0.15) is 16.2 Å². The van der Waals surface area contributed by atoms with E-state index in [-0.39, 0.29) is 5.91 Å². The largest absolute Gasteiger partial charge is 0.356 e. The van der Waals surface area contributed by atoms with E-state index >= 15 is 0 Å². The molecule has 0 bridgehead atoms. The highest BCUT2D eigenvalue weighted by Gasteiger charge is 2.08. The molecule has 0 atom stereocenters. The fraction of sp³-hybridized carbons (Fsp3) is 0.533. The van der Waals surface area contributed by atoms with Crippen LogP contribution in [0.5, 0.6) is 0 Å². The zero-order valence-corrected chi connectivity index (χ0v) is 14.9. The second kappa shape index (κ2) is 8.45. The Labute approximate surface area is 139 Å². The number of aromatic nitrogens is 2. The standard InChI is InChI=1S/C15H22N4OS2/c1-11-9-12-14(17-10-18-15(12)22-11)21-8-5-13(20)16-6-4-7-19(2)3/h9-10H,4-8H2,1-3H3,(H,16,20). The van der Waals surface area contributed by atoms with Crippen LogP contribution in [-0.2, 0) is 4.79 Å². The molecule has 2 rings (SSSR count). The van der Waals surface area contributed by atoms with Crippen LogP contribution in [0, 0.1) is 6.92 Å². The van der Waals surface area contributed by atoms with Crippen molar-refractivity contribution in [3.8, 4) is 0 Å². The van der Waals surface area contributed by atoms with E-state index in [0.29, 0.717) is 6.42 Å². The van der Waals surface area contributed by atoms with Crippen molar-refractivity contribution in [1.82, 2.24) is 20.2 Å². The first-order valence-corrected chi connectivity index (χ1v) is 9.12. The minimum atomic E-state index is 0.109. The molecule has 0 unspecified atom stereocenters. The number of hydrogen-bond donors (Lipinski definition) is 1. The van der Waals surface area contributed by atoms with Gasteiger partial charge in [-0.25, -0.2) is 9.97 Å². The normalized spacial score (nSPS) is 11.3. The van der Waals surface area contributed by atoms with E-state index in [2.05, 4.69) is 33.2 Å². The molecule has 7 heteroatoms. The summed E-state index contributed by atoms with van der Waals surface area (Å²) in [5.74, 6) is 0.846. The molecule has 0 aliphatic heterocycles. The van der Waals surface area contributed by atoms with Gasteiger partial charge < -0.3 is 10.2 Å². The number of aryl methyl sites for hydroxylation is 1. The van der Waals surface area contributed by atoms with Crippen molar-refractivity contribution in [3.63, 3.8) is 0 Å². The third-order valence-electron chi connectivity index (χ3n) is 3.09. The third kappa shape index (κ3) is 5.23. The van der Waals surface area contributed by atoms with Gasteiger partial charge in [0, 0.05) is 29.0 Å². The van der Waals surface area contributed by atoms with Crippen LogP contribution in [0.1, 0.15) is 17.7 Å². The summed E-state index contributed by atoms with van der Waals surface area (Å²) in [5, 5.41) is 5.02. The lowest BCUT2D eigenvalue weighted by molar-refractivity contribution is -0.120. The number of nitrogens with one attached hydrogen (secondary N) is 1. The highest BCUT2D eigenvalue weighted by Crippen LogP contribution is 2.30. The van der Waals surface area contributed by atoms with E-state index < -0.39 is 0 Å². The molecule has 0 aliphatic rings. The van der Waals surface area contributed by atoms with Crippen LogP contribution in [0.4, 0.5) is 0 Å². The smallest absolute Gasteiger partial charge is 0.220 e. The molecular weight excluding hydrogens is 316 g/mol. The van der Waals surface area contributed by atoms with Gasteiger partial charge in [0.25, 0.3) is 0 Å². The number of carbonyl (C=O) groups is 1. The molecular formula is C15H22N4OS2. The van der Waals surface area contributed by atoms with E-state index in [1.165, 1.54) is 4.88 Å². The number of thiophene rings is 1. The summed E-state index contributed by atoms with van der Waals surface area (Å²) in [5.41, 5.74) is 0. The van der Waals surface area contributed by atoms with Gasteiger partial charge in [-0.2, -0.15) is 0 Å². The van der Waals surface area contributed by atoms with Crippen molar-refractivity contribution in [2.45, 2.75) is 24.8 Å². The lowest BCUT2D eigenvalue weighted by Gasteiger charge is -2.09. The summed E-state index contributed by atoms with van der Waals surface area (Å²) < 4.78 is 0. The Hall–Kier alpha value is -1.18. The van der Waals surface area contributed by atoms with Crippen molar-refractivity contribution in [2.75, 3.05) is 32.9 Å². The molecule has 2 aromatic heterocycles. The van der Waals surface area contributed by atoms with E-state index in [4.69, 9.17) is 0 Å². The molecule has 0 fully saturated rings. The Kier molecular flexibility index (Phi) is 6.60. The topological polar surface area (TPSA) is 58.1 Å². The average Bonchev–Trinajstić information content (AvgIpc) is 2.84. The number of amides is 1. The van der Waals surface area contributed by atoms with Crippen molar-refractivity contribution < 1.29 is 4.79 Å². The van der Waals surface area contributed by atoms with Gasteiger partial charge in [-0.3, -0.25) is 4.79 Å². The lowest BCUT2D eigenvalue weighted by Crippen LogP contribution is -2.27. The quantitative estimate of drug-likeness (QED) is 0.455. The van der Waals surface area contributed by atoms with Crippen molar-refractivity contribution >= 4 is 39.2 Å². The van der Waals surface area contributed by atoms with Gasteiger partial charge in [0.15, 0.2) is 0 Å². The van der Waals surface area contributed by atoms with Gasteiger partial charge >= 0.3 is 0 Å². The maximum Gasteiger partial charge on any atom is 0.220 e. The first-order valence-electron chi connectivity index (χ1n) is 7.31. The number of thioether (sulfide) groups is 1. The molecule has 0 aliphatic carbocycles. The summed E-state index contributed by atoms with van der Waals surface area (Å²) in [6, 6.07) is 2.11. The molecule has 22 heavy (non-hydrogen) atoms. The van der Waals surface area contributed by atoms with Gasteiger partial charge in [-0.1, -0.05) is 0 Å². The van der Waals surface area contributed by atoms with Crippen LogP contribution in [0.2, 0.25) is 0 Å². The van der Waals surface area contributed by atoms with E-state index in [1.54, 1.807) is 29.4 Å². The SMILES string of the molecule is Cc1cc2c(SCCC(=O)NCCCN(C)C)ncnc2s1. The molecule has 120 valence electrons. The number of hydrogen-bond acceptors (Lipinski definition) is 6. The molecule has 2 heterocycles. The zero-order chi connectivity index (χ0) is 15.9. The minimum Gasteiger partial charge on any atom is -0.356 e. The maximum absolute atomic E-state index is 11.8. The number of fused-ring (bicyclic) bond motifs is 1. The molecule has 2 aromatic rings. The molecule has 0 saturated heterocycles. The summed E-state index contributed by atoms with van der Waals surface area (Å²) in [6.07, 6.45) is 3.09. The van der Waals surface area contributed by atoms with Gasteiger partial charge in [0.2, 0.25) is 5.91 Å². The van der Waals surface area contributed by atoms with Gasteiger partial charge in [0.05, 0.1) is 0 Å². The van der Waals surface area contributed by atoms with Crippen molar-refractivity contribution in [3.05, 3.63) is 17.3 Å². The molecule has 0 spiro atoms. The molecule has 0 aromatic carbocycles. The van der Waals surface area contributed by atoms with E-state index in [1.807, 2.05) is 14.1 Å². The monoisotopic (exact) mass is 338 g/mol. The average molecular weight is 339 g/mol. The van der Waals surface area contributed by atoms with Crippen LogP contribution in [-0.4, -0.2) is 53.7 Å². The third-order valence-corrected chi connectivity index (χ3v) is 5.05. The van der Waals surface area contributed by atoms with Crippen LogP contribution in [0.25, 0.3) is 10.2 Å². The molecule has 1 N–H and O–H groups in total. The Balaban J connectivity index is 1.74. The van der Waals surface area contributed by atoms with Gasteiger partial charge in [-0.05, 0) is 40.1 Å². The number of rotatable bonds is 8. The van der Waals surface area contributed by atoms with Crippen LogP contribution < -0.4 is 5.32 Å². The second-order valence-electron chi connectivity index (χ2n) is 5.36. The van der Waals surface area contributed by atoms with Crippen LogP contribution >= 0.6 is 23.1 Å². The Bertz CT molecular complexity index is 627. The molecule has 5 nitrogen and oxygen atoms in total. The van der Waals surface area contributed by atoms with Gasteiger partial charge in [-0.15, -0.1) is 23.1 Å². The van der Waals surface area contributed by atoms with Crippen molar-refractivity contribution in [1.29, 1.82) is 0 Å². The zero-order valence-electron chi connectivity index (χ0n) is 13.3. The lowest BCUT2D eigenvalue weighted by atomic mass is 10.4. The summed E-state index contributed by atoms with van der Waals surface area (Å²) in [4.78, 5) is 24.8. The highest BCUT2D eigenvalue weighted by molar-refractivity contribution is 7.99.